The van der Waals surface area contributed by atoms with Gasteiger partial charge in [-0.05, 0) is 85.5 Å². The molecular weight excluding hydrogens is 448 g/mol. The van der Waals surface area contributed by atoms with Gasteiger partial charge in [-0.15, -0.1) is 5.92 Å². The fraction of sp³-hybridized carbons (Fsp3) is 0.531. The number of hydrogen-bond donors (Lipinski definition) is 1. The summed E-state index contributed by atoms with van der Waals surface area (Å²) in [4.78, 5) is 37.6. The van der Waals surface area contributed by atoms with Crippen molar-refractivity contribution in [1.82, 2.24) is 0 Å². The van der Waals surface area contributed by atoms with Crippen molar-refractivity contribution in [3.63, 3.8) is 0 Å². The molecule has 0 unspecified atom stereocenters. The summed E-state index contributed by atoms with van der Waals surface area (Å²) in [5.74, 6) is 7.35. The highest BCUT2D eigenvalue weighted by molar-refractivity contribution is 5.94. The second kappa shape index (κ2) is 9.94. The molecule has 5 rings (SSSR count). The fourth-order valence-electron chi connectivity index (χ4n) is 7.94. The second-order valence-electron chi connectivity index (χ2n) is 11.4. The molecule has 2 saturated carbocycles. The van der Waals surface area contributed by atoms with Crippen LogP contribution in [-0.2, 0) is 9.59 Å². The van der Waals surface area contributed by atoms with Crippen molar-refractivity contribution in [2.45, 2.75) is 77.6 Å². The molecule has 36 heavy (non-hydrogen) atoms. The molecule has 0 bridgehead atoms. The number of carbonyl (C=O) groups excluding carboxylic acids is 3. The Balaban J connectivity index is 1.55. The van der Waals surface area contributed by atoms with Crippen LogP contribution >= 0.6 is 0 Å². The van der Waals surface area contributed by atoms with Crippen LogP contribution in [0.1, 0.15) is 93.5 Å². The van der Waals surface area contributed by atoms with Gasteiger partial charge >= 0.3 is 0 Å². The van der Waals surface area contributed by atoms with Crippen molar-refractivity contribution in [3.8, 4) is 11.8 Å². The molecule has 0 amide bonds. The third kappa shape index (κ3) is 4.33. The molecule has 1 N–H and O–H groups in total. The Morgan fingerprint density at radius 3 is 2.56 bits per heavy atom. The van der Waals surface area contributed by atoms with Crippen LogP contribution in [0, 0.1) is 35.0 Å². The van der Waals surface area contributed by atoms with E-state index in [0.717, 1.165) is 44.1 Å². The van der Waals surface area contributed by atoms with Crippen LogP contribution in [0.25, 0.3) is 0 Å². The monoisotopic (exact) mass is 484 g/mol. The molecule has 4 heteroatoms. The molecular formula is C32H36O4. The average Bonchev–Trinajstić information content (AvgIpc) is 3.22. The van der Waals surface area contributed by atoms with E-state index in [0.29, 0.717) is 36.9 Å². The van der Waals surface area contributed by atoms with Gasteiger partial charge in [-0.3, -0.25) is 14.4 Å². The molecule has 0 radical (unpaired) electrons. The summed E-state index contributed by atoms with van der Waals surface area (Å²) >= 11 is 0. The highest BCUT2D eigenvalue weighted by atomic mass is 16.2. The van der Waals surface area contributed by atoms with Gasteiger partial charge in [-0.1, -0.05) is 42.7 Å². The number of carbonyl (C=O) groups is 3. The third-order valence-corrected chi connectivity index (χ3v) is 9.54. The maximum atomic E-state index is 13.4. The van der Waals surface area contributed by atoms with Gasteiger partial charge in [-0.25, -0.2) is 0 Å². The summed E-state index contributed by atoms with van der Waals surface area (Å²) in [5, 5.41) is 8.93. The zero-order valence-electron chi connectivity index (χ0n) is 21.4. The van der Waals surface area contributed by atoms with E-state index in [9.17, 15) is 14.4 Å². The normalized spacial score (nSPS) is 31.0. The molecule has 0 spiro atoms. The second-order valence-corrected chi connectivity index (χ2v) is 11.4. The zero-order chi connectivity index (χ0) is 25.4. The van der Waals surface area contributed by atoms with Gasteiger partial charge in [-0.2, -0.15) is 0 Å². The van der Waals surface area contributed by atoms with Gasteiger partial charge in [0.25, 0.3) is 0 Å². The molecule has 1 aromatic rings. The van der Waals surface area contributed by atoms with E-state index in [2.05, 4.69) is 30.9 Å². The number of rotatable bonds is 5. The van der Waals surface area contributed by atoms with Crippen LogP contribution in [0.5, 0.6) is 0 Å². The Kier molecular flexibility index (Phi) is 6.88. The quantitative estimate of drug-likeness (QED) is 0.427. The third-order valence-electron chi connectivity index (χ3n) is 9.54. The minimum atomic E-state index is -0.164. The molecule has 2 fully saturated rings. The van der Waals surface area contributed by atoms with Crippen molar-refractivity contribution in [3.05, 3.63) is 58.2 Å². The predicted molar refractivity (Wildman–Crippen MR) is 139 cm³/mol. The first-order valence-electron chi connectivity index (χ1n) is 13.5. The number of hydrogen-bond acceptors (Lipinski definition) is 4. The average molecular weight is 485 g/mol. The minimum Gasteiger partial charge on any atom is -0.384 e. The van der Waals surface area contributed by atoms with Crippen LogP contribution in [0.4, 0.5) is 0 Å². The molecule has 4 aliphatic rings. The van der Waals surface area contributed by atoms with E-state index in [1.54, 1.807) is 6.92 Å². The number of Topliss-reactive ketones (excluding diaryl/α,β-unsaturated/α-hetero) is 2. The largest absolute Gasteiger partial charge is 0.384 e. The molecule has 4 nitrogen and oxygen atoms in total. The number of allylic oxidation sites excluding steroid dienone is 4. The Hall–Kier alpha value is -2.77. The lowest BCUT2D eigenvalue weighted by Gasteiger charge is -2.52. The Labute approximate surface area is 214 Å². The van der Waals surface area contributed by atoms with Gasteiger partial charge in [0, 0.05) is 36.7 Å². The van der Waals surface area contributed by atoms with Gasteiger partial charge < -0.3 is 5.11 Å². The van der Waals surface area contributed by atoms with Crippen LogP contribution in [-0.4, -0.2) is 29.1 Å². The summed E-state index contributed by atoms with van der Waals surface area (Å²) < 4.78 is 0. The van der Waals surface area contributed by atoms with Crippen LogP contribution in [0.3, 0.4) is 0 Å². The Bertz CT molecular complexity index is 1200. The molecule has 0 aliphatic heterocycles. The number of benzene rings is 1. The first-order valence-corrected chi connectivity index (χ1v) is 13.5. The first-order chi connectivity index (χ1) is 17.3. The van der Waals surface area contributed by atoms with E-state index >= 15 is 0 Å². The van der Waals surface area contributed by atoms with Gasteiger partial charge in [0.1, 0.15) is 12.4 Å². The standard InChI is InChI=1S/C32H36O4/c1-20(34)21-7-9-22(10-8-21)27-19-32(2)28(15-16-29(32)30(36)6-4-3-5-17-33)26-13-11-23-18-24(35)12-14-25(23)31(26)27/h7-10,18,26-29,33H,4,6,11-17,19H2,1-2H3/t26-,27+,28-,29+,32-/m0/s1. The lowest BCUT2D eigenvalue weighted by atomic mass is 9.51. The van der Waals surface area contributed by atoms with Crippen molar-refractivity contribution < 1.29 is 19.5 Å². The minimum absolute atomic E-state index is 0.0360. The molecule has 188 valence electrons. The number of fused-ring (bicyclic) bond motifs is 4. The highest BCUT2D eigenvalue weighted by Gasteiger charge is 2.57. The highest BCUT2D eigenvalue weighted by Crippen LogP contribution is 2.65. The summed E-state index contributed by atoms with van der Waals surface area (Å²) in [6.45, 7) is 3.78. The zero-order valence-corrected chi connectivity index (χ0v) is 21.4. The van der Waals surface area contributed by atoms with E-state index < -0.39 is 0 Å². The maximum absolute atomic E-state index is 13.4. The SMILES string of the molecule is CC(=O)c1ccc([C@H]2C[C@]3(C)[C@@H](C(=O)CCC#CCO)CC[C@H]3[C@@H]3CCC4=CC(=O)CCC4=C32)cc1. The lowest BCUT2D eigenvalue weighted by Crippen LogP contribution is -2.45. The number of ketones is 3. The van der Waals surface area contributed by atoms with Crippen LogP contribution in [0.2, 0.25) is 0 Å². The molecule has 5 atom stereocenters. The summed E-state index contributed by atoms with van der Waals surface area (Å²) in [6, 6.07) is 8.09. The van der Waals surface area contributed by atoms with Crippen molar-refractivity contribution in [2.75, 3.05) is 6.61 Å². The molecule has 0 saturated heterocycles. The molecule has 0 heterocycles. The van der Waals surface area contributed by atoms with Crippen molar-refractivity contribution >= 4 is 17.3 Å². The van der Waals surface area contributed by atoms with E-state index in [1.165, 1.54) is 22.3 Å². The van der Waals surface area contributed by atoms with Crippen molar-refractivity contribution in [2.24, 2.45) is 23.2 Å². The number of aliphatic hydroxyl groups excluding tert-OH is 1. The Morgan fingerprint density at radius 1 is 1.06 bits per heavy atom. The predicted octanol–water partition coefficient (Wildman–Crippen LogP) is 5.75. The maximum Gasteiger partial charge on any atom is 0.159 e. The van der Waals surface area contributed by atoms with Gasteiger partial charge in [0.2, 0.25) is 0 Å². The van der Waals surface area contributed by atoms with Crippen LogP contribution < -0.4 is 0 Å². The van der Waals surface area contributed by atoms with E-state index in [1.807, 2.05) is 18.2 Å². The fourth-order valence-corrected chi connectivity index (χ4v) is 7.94. The Morgan fingerprint density at radius 2 is 1.83 bits per heavy atom. The number of aliphatic hydroxyl groups is 1. The summed E-state index contributed by atoms with van der Waals surface area (Å²) in [5.41, 5.74) is 6.02. The smallest absolute Gasteiger partial charge is 0.159 e. The molecule has 0 aromatic heterocycles. The summed E-state index contributed by atoms with van der Waals surface area (Å²) in [7, 11) is 0. The lowest BCUT2D eigenvalue weighted by molar-refractivity contribution is -0.127. The van der Waals surface area contributed by atoms with Crippen molar-refractivity contribution in [1.29, 1.82) is 0 Å². The van der Waals surface area contributed by atoms with E-state index in [-0.39, 0.29) is 35.4 Å². The van der Waals surface area contributed by atoms with Gasteiger partial charge in [0.05, 0.1) is 0 Å². The van der Waals surface area contributed by atoms with Gasteiger partial charge in [0.15, 0.2) is 11.6 Å². The topological polar surface area (TPSA) is 71.4 Å². The van der Waals surface area contributed by atoms with Crippen LogP contribution in [0.15, 0.2) is 47.1 Å². The molecule has 4 aliphatic carbocycles. The molecule has 1 aromatic carbocycles. The van der Waals surface area contributed by atoms with E-state index in [4.69, 9.17) is 5.11 Å². The summed E-state index contributed by atoms with van der Waals surface area (Å²) in [6.07, 6.45) is 9.19. The first kappa shape index (κ1) is 24.9.